The molecule has 1 aliphatic rings. The largest absolute Gasteiger partial charge is 0.395 e. The second kappa shape index (κ2) is 6.04. The Morgan fingerprint density at radius 1 is 1.26 bits per heavy atom. The second-order valence-corrected chi connectivity index (χ2v) is 6.27. The lowest BCUT2D eigenvalue weighted by Gasteiger charge is -2.38. The lowest BCUT2D eigenvalue weighted by atomic mass is 9.80. The molecule has 1 fully saturated rings. The van der Waals surface area contributed by atoms with E-state index in [1.807, 2.05) is 18.2 Å². The van der Waals surface area contributed by atoms with Crippen molar-refractivity contribution < 1.29 is 10.2 Å². The van der Waals surface area contributed by atoms with Gasteiger partial charge < -0.3 is 15.1 Å². The molecule has 106 valence electrons. The third kappa shape index (κ3) is 3.56. The van der Waals surface area contributed by atoms with Gasteiger partial charge in [0.1, 0.15) is 0 Å². The molecule has 19 heavy (non-hydrogen) atoms. The van der Waals surface area contributed by atoms with Gasteiger partial charge in [-0.25, -0.2) is 0 Å². The quantitative estimate of drug-likeness (QED) is 0.820. The van der Waals surface area contributed by atoms with E-state index in [0.29, 0.717) is 5.92 Å². The van der Waals surface area contributed by atoms with Gasteiger partial charge in [0.25, 0.3) is 0 Å². The van der Waals surface area contributed by atoms with Crippen molar-refractivity contribution in [3.05, 3.63) is 35.9 Å². The highest BCUT2D eigenvalue weighted by Gasteiger charge is 2.31. The normalized spacial score (nSPS) is 25.9. The summed E-state index contributed by atoms with van der Waals surface area (Å²) in [6.45, 7) is 4.09. The smallest absolute Gasteiger partial charge is 0.0546 e. The number of aliphatic hydroxyl groups excluding tert-OH is 2. The van der Waals surface area contributed by atoms with Gasteiger partial charge >= 0.3 is 0 Å². The highest BCUT2D eigenvalue weighted by Crippen LogP contribution is 2.29. The molecule has 0 radical (unpaired) electrons. The summed E-state index contributed by atoms with van der Waals surface area (Å²) in [7, 11) is 2.10. The number of nitrogens with zero attached hydrogens (tertiary/aromatic N) is 1. The van der Waals surface area contributed by atoms with Crippen molar-refractivity contribution in [3.63, 3.8) is 0 Å². The van der Waals surface area contributed by atoms with E-state index in [1.165, 1.54) is 5.56 Å². The van der Waals surface area contributed by atoms with E-state index in [1.54, 1.807) is 0 Å². The van der Waals surface area contributed by atoms with Gasteiger partial charge in [-0.05, 0) is 31.4 Å². The lowest BCUT2D eigenvalue weighted by molar-refractivity contribution is 0.0236. The molecular formula is C16H25NO2. The Hall–Kier alpha value is -0.900. The number of hydrogen-bond acceptors (Lipinski definition) is 3. The third-order valence-corrected chi connectivity index (χ3v) is 4.22. The SMILES string of the molecule is CN(CC1CC(O)C1)CC(C)(CO)c1ccccc1. The van der Waals surface area contributed by atoms with E-state index in [4.69, 9.17) is 0 Å². The highest BCUT2D eigenvalue weighted by molar-refractivity contribution is 5.25. The van der Waals surface area contributed by atoms with Crippen LogP contribution in [0.2, 0.25) is 0 Å². The van der Waals surface area contributed by atoms with E-state index in [9.17, 15) is 10.2 Å². The molecule has 0 spiro atoms. The average Bonchev–Trinajstić information content (AvgIpc) is 2.38. The molecule has 1 atom stereocenters. The zero-order chi connectivity index (χ0) is 13.9. The van der Waals surface area contributed by atoms with Gasteiger partial charge in [-0.1, -0.05) is 37.3 Å². The van der Waals surface area contributed by atoms with Gasteiger partial charge in [-0.2, -0.15) is 0 Å². The van der Waals surface area contributed by atoms with Gasteiger partial charge in [0.15, 0.2) is 0 Å². The first kappa shape index (κ1) is 14.5. The van der Waals surface area contributed by atoms with Crippen molar-refractivity contribution in [1.29, 1.82) is 0 Å². The summed E-state index contributed by atoms with van der Waals surface area (Å²) >= 11 is 0. The fourth-order valence-corrected chi connectivity index (χ4v) is 3.02. The van der Waals surface area contributed by atoms with Crippen LogP contribution < -0.4 is 0 Å². The molecule has 3 heteroatoms. The summed E-state index contributed by atoms with van der Waals surface area (Å²) in [6, 6.07) is 10.2. The van der Waals surface area contributed by atoms with Crippen LogP contribution in [0, 0.1) is 5.92 Å². The predicted molar refractivity (Wildman–Crippen MR) is 77.1 cm³/mol. The molecule has 1 aromatic carbocycles. The average molecular weight is 263 g/mol. The Labute approximate surface area is 115 Å². The van der Waals surface area contributed by atoms with Crippen LogP contribution in [0.4, 0.5) is 0 Å². The molecule has 1 aromatic rings. The van der Waals surface area contributed by atoms with Crippen molar-refractivity contribution in [1.82, 2.24) is 4.90 Å². The van der Waals surface area contributed by atoms with Crippen LogP contribution in [0.15, 0.2) is 30.3 Å². The molecule has 1 unspecified atom stereocenters. The molecule has 1 aliphatic carbocycles. The Morgan fingerprint density at radius 3 is 2.42 bits per heavy atom. The summed E-state index contributed by atoms with van der Waals surface area (Å²) in [4.78, 5) is 2.28. The molecule has 2 rings (SSSR count). The van der Waals surface area contributed by atoms with Crippen LogP contribution in [0.5, 0.6) is 0 Å². The molecule has 0 heterocycles. The van der Waals surface area contributed by atoms with E-state index in [-0.39, 0.29) is 18.1 Å². The Bertz CT molecular complexity index is 389. The molecule has 0 saturated heterocycles. The van der Waals surface area contributed by atoms with E-state index < -0.39 is 0 Å². The lowest BCUT2D eigenvalue weighted by Crippen LogP contribution is -2.44. The van der Waals surface area contributed by atoms with Crippen LogP contribution in [0.1, 0.15) is 25.3 Å². The van der Waals surface area contributed by atoms with Crippen molar-refractivity contribution in [3.8, 4) is 0 Å². The van der Waals surface area contributed by atoms with Gasteiger partial charge in [0.2, 0.25) is 0 Å². The standard InChI is InChI=1S/C16H25NO2/c1-16(12-18,14-6-4-3-5-7-14)11-17(2)10-13-8-15(19)9-13/h3-7,13,15,18-19H,8-12H2,1-2H3. The Kier molecular flexibility index (Phi) is 4.61. The van der Waals surface area contributed by atoms with E-state index in [2.05, 4.69) is 31.0 Å². The number of rotatable bonds is 6. The van der Waals surface area contributed by atoms with E-state index in [0.717, 1.165) is 25.9 Å². The fraction of sp³-hybridized carbons (Fsp3) is 0.625. The molecular weight excluding hydrogens is 238 g/mol. The van der Waals surface area contributed by atoms with Crippen molar-refractivity contribution in [2.45, 2.75) is 31.3 Å². The van der Waals surface area contributed by atoms with Gasteiger partial charge in [0.05, 0.1) is 12.7 Å². The van der Waals surface area contributed by atoms with Crippen molar-refractivity contribution in [2.24, 2.45) is 5.92 Å². The first-order chi connectivity index (χ1) is 9.03. The van der Waals surface area contributed by atoms with Crippen LogP contribution in [0.3, 0.4) is 0 Å². The maximum atomic E-state index is 9.77. The Morgan fingerprint density at radius 2 is 1.89 bits per heavy atom. The first-order valence-corrected chi connectivity index (χ1v) is 7.06. The Balaban J connectivity index is 1.94. The third-order valence-electron chi connectivity index (χ3n) is 4.22. The fourth-order valence-electron chi connectivity index (χ4n) is 3.02. The van der Waals surface area contributed by atoms with E-state index >= 15 is 0 Å². The topological polar surface area (TPSA) is 43.7 Å². The van der Waals surface area contributed by atoms with Crippen molar-refractivity contribution in [2.75, 3.05) is 26.7 Å². The summed E-state index contributed by atoms with van der Waals surface area (Å²) in [5.41, 5.74) is 0.955. The number of likely N-dealkylation sites (N-methyl/N-ethyl adjacent to an activating group) is 1. The maximum Gasteiger partial charge on any atom is 0.0546 e. The summed E-state index contributed by atoms with van der Waals surface area (Å²) in [6.07, 6.45) is 1.76. The molecule has 0 amide bonds. The maximum absolute atomic E-state index is 9.77. The van der Waals surface area contributed by atoms with Gasteiger partial charge in [-0.15, -0.1) is 0 Å². The van der Waals surface area contributed by atoms with Crippen molar-refractivity contribution >= 4 is 0 Å². The van der Waals surface area contributed by atoms with Crippen LogP contribution in [-0.2, 0) is 5.41 Å². The zero-order valence-electron chi connectivity index (χ0n) is 11.9. The monoisotopic (exact) mass is 263 g/mol. The zero-order valence-corrected chi connectivity index (χ0v) is 11.9. The molecule has 0 aromatic heterocycles. The number of aliphatic hydroxyl groups is 2. The minimum Gasteiger partial charge on any atom is -0.395 e. The first-order valence-electron chi connectivity index (χ1n) is 7.06. The van der Waals surface area contributed by atoms with Crippen LogP contribution >= 0.6 is 0 Å². The summed E-state index contributed by atoms with van der Waals surface area (Å²) < 4.78 is 0. The van der Waals surface area contributed by atoms with Gasteiger partial charge in [0, 0.05) is 18.5 Å². The summed E-state index contributed by atoms with van der Waals surface area (Å²) in [5, 5.41) is 19.1. The minimum absolute atomic E-state index is 0.0863. The van der Waals surface area contributed by atoms with Gasteiger partial charge in [-0.3, -0.25) is 0 Å². The molecule has 1 saturated carbocycles. The molecule has 3 nitrogen and oxygen atoms in total. The molecule has 0 bridgehead atoms. The summed E-state index contributed by atoms with van der Waals surface area (Å²) in [5.74, 6) is 0.610. The second-order valence-electron chi connectivity index (χ2n) is 6.27. The molecule has 0 aliphatic heterocycles. The number of benzene rings is 1. The minimum atomic E-state index is -0.224. The van der Waals surface area contributed by atoms with Crippen LogP contribution in [0.25, 0.3) is 0 Å². The molecule has 2 N–H and O–H groups in total. The van der Waals surface area contributed by atoms with Crippen LogP contribution in [-0.4, -0.2) is 48.0 Å². The number of hydrogen-bond donors (Lipinski definition) is 2. The predicted octanol–water partition coefficient (Wildman–Crippen LogP) is 1.64. The highest BCUT2D eigenvalue weighted by atomic mass is 16.3.